The quantitative estimate of drug-likeness (QED) is 0.197. The van der Waals surface area contributed by atoms with Gasteiger partial charge < -0.3 is 10.8 Å². The second-order valence-electron chi connectivity index (χ2n) is 1.66. The number of nitrogens with two attached hydrogens (primary N) is 2. The highest BCUT2D eigenvalue weighted by molar-refractivity contribution is 5.75. The molecule has 0 saturated carbocycles. The number of hydrogen-bond acceptors (Lipinski definition) is 4. The van der Waals surface area contributed by atoms with Crippen molar-refractivity contribution in [3.05, 3.63) is 0 Å². The van der Waals surface area contributed by atoms with Crippen LogP contribution in [0.15, 0.2) is 0 Å². The molecule has 0 aliphatic carbocycles. The van der Waals surface area contributed by atoms with E-state index in [2.05, 4.69) is 0 Å². The van der Waals surface area contributed by atoms with Crippen LogP contribution in [0.25, 0.3) is 0 Å². The van der Waals surface area contributed by atoms with Gasteiger partial charge in [0.1, 0.15) is 0 Å². The Balaban J connectivity index is 3.34. The first-order valence-corrected chi connectivity index (χ1v) is 2.58. The Kier molecular flexibility index (Phi) is 3.94. The van der Waals surface area contributed by atoms with Crippen LogP contribution in [0.4, 0.5) is 0 Å². The molecule has 0 saturated heterocycles. The van der Waals surface area contributed by atoms with Crippen LogP contribution in [0.5, 0.6) is 0 Å². The summed E-state index contributed by atoms with van der Waals surface area (Å²) in [6.45, 7) is 0.0768. The van der Waals surface area contributed by atoms with Crippen LogP contribution < -0.4 is 17.0 Å². The summed E-state index contributed by atoms with van der Waals surface area (Å²) in [6, 6.07) is 0. The molecule has 0 radical (unpaired) electrons. The van der Waals surface area contributed by atoms with Crippen molar-refractivity contribution in [1.29, 1.82) is 0 Å². The average Bonchev–Trinajstić information content (AvgIpc) is 1.87. The van der Waals surface area contributed by atoms with Crippen molar-refractivity contribution in [2.24, 2.45) is 11.6 Å². The van der Waals surface area contributed by atoms with Crippen LogP contribution in [-0.4, -0.2) is 23.7 Å². The van der Waals surface area contributed by atoms with Gasteiger partial charge >= 0.3 is 0 Å². The Morgan fingerprint density at radius 3 is 2.67 bits per heavy atom. The molecule has 0 aliphatic rings. The third kappa shape index (κ3) is 3.89. The molecule has 6 N–H and O–H groups in total. The van der Waals surface area contributed by atoms with Crippen LogP contribution in [0.2, 0.25) is 0 Å². The van der Waals surface area contributed by atoms with E-state index in [4.69, 9.17) is 16.7 Å². The normalized spacial score (nSPS) is 12.8. The van der Waals surface area contributed by atoms with Crippen LogP contribution in [0, 0.1) is 0 Å². The molecule has 0 heterocycles. The zero-order valence-corrected chi connectivity index (χ0v) is 5.00. The number of rotatable bonds is 3. The van der Waals surface area contributed by atoms with Gasteiger partial charge in [0, 0.05) is 6.54 Å². The fourth-order valence-corrected chi connectivity index (χ4v) is 0.356. The van der Waals surface area contributed by atoms with E-state index in [1.807, 2.05) is 5.43 Å². The first-order valence-electron chi connectivity index (χ1n) is 2.58. The highest BCUT2D eigenvalue weighted by atomic mass is 16.3. The van der Waals surface area contributed by atoms with E-state index in [-0.39, 0.29) is 13.0 Å². The van der Waals surface area contributed by atoms with Gasteiger partial charge in [-0.2, -0.15) is 0 Å². The summed E-state index contributed by atoms with van der Waals surface area (Å²) in [5, 5.41) is 8.72. The lowest BCUT2D eigenvalue weighted by Gasteiger charge is -2.03. The maximum atomic E-state index is 10.3. The maximum absolute atomic E-state index is 10.3. The van der Waals surface area contributed by atoms with Crippen molar-refractivity contribution < 1.29 is 9.90 Å². The number of nitrogens with one attached hydrogen (secondary N) is 1. The zero-order valence-electron chi connectivity index (χ0n) is 5.00. The number of carbonyl (C=O) groups excluding carboxylic acids is 1. The van der Waals surface area contributed by atoms with Crippen molar-refractivity contribution in [3.8, 4) is 0 Å². The third-order valence-electron chi connectivity index (χ3n) is 0.854. The smallest absolute Gasteiger partial charge is 0.236 e. The van der Waals surface area contributed by atoms with Gasteiger partial charge in [0.2, 0.25) is 5.91 Å². The molecule has 0 bridgehead atoms. The first kappa shape index (κ1) is 8.35. The largest absolute Gasteiger partial charge is 0.391 e. The fraction of sp³-hybridized carbons (Fsp3) is 0.750. The van der Waals surface area contributed by atoms with Crippen molar-refractivity contribution in [2.75, 3.05) is 6.54 Å². The molecule has 0 fully saturated rings. The van der Waals surface area contributed by atoms with Gasteiger partial charge in [-0.1, -0.05) is 0 Å². The van der Waals surface area contributed by atoms with Gasteiger partial charge in [0.15, 0.2) is 0 Å². The summed E-state index contributed by atoms with van der Waals surface area (Å²) in [5.41, 5.74) is 6.88. The first-order chi connectivity index (χ1) is 4.20. The molecule has 1 atom stereocenters. The fourth-order valence-electron chi connectivity index (χ4n) is 0.356. The SMILES string of the molecule is NC[C@H](O)CC(=O)NN. The Morgan fingerprint density at radius 1 is 1.78 bits per heavy atom. The van der Waals surface area contributed by atoms with Crippen molar-refractivity contribution in [3.63, 3.8) is 0 Å². The molecule has 0 aromatic rings. The summed E-state index contributed by atoms with van der Waals surface area (Å²) >= 11 is 0. The summed E-state index contributed by atoms with van der Waals surface area (Å²) in [7, 11) is 0. The van der Waals surface area contributed by atoms with E-state index in [0.717, 1.165) is 0 Å². The van der Waals surface area contributed by atoms with Crippen LogP contribution in [0.3, 0.4) is 0 Å². The van der Waals surface area contributed by atoms with Gasteiger partial charge in [0.05, 0.1) is 12.5 Å². The molecule has 1 amide bonds. The molecule has 5 heteroatoms. The van der Waals surface area contributed by atoms with Gasteiger partial charge in [-0.15, -0.1) is 0 Å². The van der Waals surface area contributed by atoms with E-state index in [1.54, 1.807) is 0 Å². The van der Waals surface area contributed by atoms with Gasteiger partial charge in [-0.25, -0.2) is 5.84 Å². The minimum atomic E-state index is -0.784. The Bertz CT molecular complexity index is 95.8. The molecule has 54 valence electrons. The lowest BCUT2D eigenvalue weighted by molar-refractivity contribution is -0.122. The second kappa shape index (κ2) is 4.25. The topological polar surface area (TPSA) is 101 Å². The molecule has 0 rings (SSSR count). The molecule has 0 aromatic carbocycles. The van der Waals surface area contributed by atoms with Crippen LogP contribution in [-0.2, 0) is 4.79 Å². The van der Waals surface area contributed by atoms with E-state index >= 15 is 0 Å². The number of hydrazine groups is 1. The Labute approximate surface area is 53.0 Å². The zero-order chi connectivity index (χ0) is 7.28. The molecule has 0 unspecified atom stereocenters. The third-order valence-corrected chi connectivity index (χ3v) is 0.854. The van der Waals surface area contributed by atoms with Crippen LogP contribution >= 0.6 is 0 Å². The number of hydrogen-bond donors (Lipinski definition) is 4. The minimum absolute atomic E-state index is 0.0347. The number of aliphatic hydroxyl groups is 1. The van der Waals surface area contributed by atoms with E-state index in [0.29, 0.717) is 0 Å². The van der Waals surface area contributed by atoms with E-state index in [1.165, 1.54) is 0 Å². The lowest BCUT2D eigenvalue weighted by Crippen LogP contribution is -2.34. The predicted octanol–water partition coefficient (Wildman–Crippen LogP) is -2.31. The van der Waals surface area contributed by atoms with Crippen LogP contribution in [0.1, 0.15) is 6.42 Å². The van der Waals surface area contributed by atoms with E-state index < -0.39 is 12.0 Å². The highest BCUT2D eigenvalue weighted by Crippen LogP contribution is 1.85. The highest BCUT2D eigenvalue weighted by Gasteiger charge is 2.05. The maximum Gasteiger partial charge on any atom is 0.236 e. The molecule has 0 spiro atoms. The number of carbonyl (C=O) groups is 1. The Hall–Kier alpha value is -0.650. The van der Waals surface area contributed by atoms with Crippen molar-refractivity contribution >= 4 is 5.91 Å². The van der Waals surface area contributed by atoms with Crippen molar-refractivity contribution in [2.45, 2.75) is 12.5 Å². The average molecular weight is 133 g/mol. The molecule has 0 aliphatic heterocycles. The molecular formula is C4H11N3O2. The monoisotopic (exact) mass is 133 g/mol. The summed E-state index contributed by atoms with van der Waals surface area (Å²) < 4.78 is 0. The molecule has 0 aromatic heterocycles. The molecular weight excluding hydrogens is 122 g/mol. The van der Waals surface area contributed by atoms with Gasteiger partial charge in [-0.05, 0) is 0 Å². The second-order valence-corrected chi connectivity index (χ2v) is 1.66. The predicted molar refractivity (Wildman–Crippen MR) is 32.0 cm³/mol. The van der Waals surface area contributed by atoms with Gasteiger partial charge in [-0.3, -0.25) is 10.2 Å². The number of amides is 1. The standard InChI is InChI=1S/C4H11N3O2/c5-2-3(8)1-4(9)7-6/h3,8H,1-2,5-6H2,(H,7,9)/t3-/m1/s1. The van der Waals surface area contributed by atoms with Gasteiger partial charge in [0.25, 0.3) is 0 Å². The van der Waals surface area contributed by atoms with Crippen molar-refractivity contribution in [1.82, 2.24) is 5.43 Å². The molecule has 9 heavy (non-hydrogen) atoms. The summed E-state index contributed by atoms with van der Waals surface area (Å²) in [6.07, 6.45) is -0.818. The van der Waals surface area contributed by atoms with E-state index in [9.17, 15) is 4.79 Å². The minimum Gasteiger partial charge on any atom is -0.391 e. The summed E-state index contributed by atoms with van der Waals surface area (Å²) in [4.78, 5) is 10.3. The Morgan fingerprint density at radius 2 is 2.33 bits per heavy atom. The summed E-state index contributed by atoms with van der Waals surface area (Å²) in [5.74, 6) is 4.31. The molecule has 5 nitrogen and oxygen atoms in total. The lowest BCUT2D eigenvalue weighted by atomic mass is 10.2. The number of aliphatic hydroxyl groups excluding tert-OH is 1.